The van der Waals surface area contributed by atoms with Gasteiger partial charge in [-0.2, -0.15) is 4.98 Å². The number of aryl methyl sites for hydroxylation is 1. The van der Waals surface area contributed by atoms with Crippen LogP contribution in [0.2, 0.25) is 0 Å². The third-order valence-electron chi connectivity index (χ3n) is 4.95. The highest BCUT2D eigenvalue weighted by molar-refractivity contribution is 5.74. The van der Waals surface area contributed by atoms with E-state index >= 15 is 0 Å². The number of anilines is 1. The number of aliphatic hydroxyl groups excluding tert-OH is 1. The Morgan fingerprint density at radius 2 is 2.00 bits per heavy atom. The molecule has 2 heterocycles. The number of benzene rings is 1. The summed E-state index contributed by atoms with van der Waals surface area (Å²) in [4.78, 5) is 41.3. The van der Waals surface area contributed by atoms with Crippen LogP contribution < -0.4 is 21.3 Å². The summed E-state index contributed by atoms with van der Waals surface area (Å²) in [6.45, 7) is 2.58. The SMILES string of the molecule is CCCCCNc1nc2c(c(=O)[nH]c(=O)n2C)n1C[C@H](O)COc1ccc([N+](=O)[O-])cc1. The molecule has 3 N–H and O–H groups in total. The number of unbranched alkanes of at least 4 members (excludes halogenated alkanes) is 2. The molecule has 0 aliphatic rings. The van der Waals surface area contributed by atoms with Gasteiger partial charge < -0.3 is 19.7 Å². The van der Waals surface area contributed by atoms with Crippen molar-refractivity contribution in [3.8, 4) is 5.75 Å². The van der Waals surface area contributed by atoms with E-state index in [4.69, 9.17) is 4.74 Å². The van der Waals surface area contributed by atoms with Gasteiger partial charge in [-0.3, -0.25) is 24.5 Å². The van der Waals surface area contributed by atoms with Crippen LogP contribution in [0.5, 0.6) is 5.75 Å². The van der Waals surface area contributed by atoms with Crippen LogP contribution >= 0.6 is 0 Å². The van der Waals surface area contributed by atoms with Gasteiger partial charge in [0.25, 0.3) is 11.2 Å². The molecule has 12 nitrogen and oxygen atoms in total. The molecule has 0 bridgehead atoms. The van der Waals surface area contributed by atoms with Gasteiger partial charge >= 0.3 is 5.69 Å². The third-order valence-corrected chi connectivity index (χ3v) is 4.95. The summed E-state index contributed by atoms with van der Waals surface area (Å²) in [7, 11) is 1.51. The first-order chi connectivity index (χ1) is 15.3. The Morgan fingerprint density at radius 3 is 2.66 bits per heavy atom. The maximum Gasteiger partial charge on any atom is 0.329 e. The van der Waals surface area contributed by atoms with E-state index in [2.05, 4.69) is 22.2 Å². The maximum atomic E-state index is 12.5. The summed E-state index contributed by atoms with van der Waals surface area (Å²) in [5.74, 6) is 0.737. The molecule has 1 atom stereocenters. The first-order valence-electron chi connectivity index (χ1n) is 10.3. The molecular weight excluding hydrogens is 420 g/mol. The second kappa shape index (κ2) is 10.1. The van der Waals surface area contributed by atoms with Gasteiger partial charge in [0, 0.05) is 25.7 Å². The lowest BCUT2D eigenvalue weighted by atomic mass is 10.2. The number of rotatable bonds is 11. The van der Waals surface area contributed by atoms with E-state index in [1.54, 1.807) is 0 Å². The van der Waals surface area contributed by atoms with E-state index in [1.807, 2.05) is 0 Å². The fraction of sp³-hybridized carbons (Fsp3) is 0.450. The topological polar surface area (TPSA) is 157 Å². The molecule has 0 saturated heterocycles. The standard InChI is InChI=1S/C20H26N6O6/c1-3-4-5-10-21-19-22-17-16(18(28)23-20(29)24(17)2)25(19)11-14(27)12-32-15-8-6-13(7-9-15)26(30)31/h6-9,14,27H,3-5,10-12H2,1-2H3,(H,21,22)(H,23,28,29)/t14-/m0/s1. The molecule has 0 aliphatic heterocycles. The van der Waals surface area contributed by atoms with Gasteiger partial charge in [0.1, 0.15) is 18.5 Å². The number of nitro benzene ring substituents is 1. The summed E-state index contributed by atoms with van der Waals surface area (Å²) in [5.41, 5.74) is -0.862. The van der Waals surface area contributed by atoms with Crippen molar-refractivity contribution < 1.29 is 14.8 Å². The Kier molecular flexibility index (Phi) is 7.25. The van der Waals surface area contributed by atoms with Crippen molar-refractivity contribution >= 4 is 22.8 Å². The Labute approximate surface area is 182 Å². The monoisotopic (exact) mass is 446 g/mol. The third kappa shape index (κ3) is 5.14. The average Bonchev–Trinajstić information content (AvgIpc) is 3.12. The van der Waals surface area contributed by atoms with Gasteiger partial charge in [0.2, 0.25) is 5.95 Å². The van der Waals surface area contributed by atoms with Crippen LogP contribution in [0.1, 0.15) is 26.2 Å². The van der Waals surface area contributed by atoms with E-state index in [0.29, 0.717) is 18.2 Å². The number of hydrogen-bond acceptors (Lipinski definition) is 8. The number of fused-ring (bicyclic) bond motifs is 1. The smallest absolute Gasteiger partial charge is 0.329 e. The van der Waals surface area contributed by atoms with E-state index < -0.39 is 22.3 Å². The van der Waals surface area contributed by atoms with Crippen LogP contribution in [0.25, 0.3) is 11.2 Å². The van der Waals surface area contributed by atoms with E-state index in [1.165, 1.54) is 40.4 Å². The van der Waals surface area contributed by atoms with E-state index in [-0.39, 0.29) is 30.0 Å². The van der Waals surface area contributed by atoms with Crippen molar-refractivity contribution in [3.63, 3.8) is 0 Å². The highest BCUT2D eigenvalue weighted by Crippen LogP contribution is 2.19. The molecule has 0 radical (unpaired) electrons. The van der Waals surface area contributed by atoms with Gasteiger partial charge in [-0.25, -0.2) is 4.79 Å². The fourth-order valence-electron chi connectivity index (χ4n) is 3.24. The Hall–Kier alpha value is -3.67. The number of non-ortho nitro benzene ring substituents is 1. The zero-order valence-corrected chi connectivity index (χ0v) is 17.9. The number of nitrogens with zero attached hydrogens (tertiary/aromatic N) is 4. The molecule has 2 aromatic heterocycles. The molecule has 0 fully saturated rings. The first-order valence-corrected chi connectivity index (χ1v) is 10.3. The van der Waals surface area contributed by atoms with E-state index in [9.17, 15) is 24.8 Å². The van der Waals surface area contributed by atoms with Crippen molar-refractivity contribution in [2.75, 3.05) is 18.5 Å². The van der Waals surface area contributed by atoms with Gasteiger partial charge in [0.15, 0.2) is 11.2 Å². The number of aliphatic hydroxyl groups is 1. The molecule has 0 amide bonds. The molecule has 172 valence electrons. The minimum Gasteiger partial charge on any atom is -0.491 e. The normalized spacial score (nSPS) is 12.1. The van der Waals surface area contributed by atoms with Crippen LogP contribution in [0.3, 0.4) is 0 Å². The number of aromatic amines is 1. The quantitative estimate of drug-likeness (QED) is 0.226. The second-order valence-corrected chi connectivity index (χ2v) is 7.39. The van der Waals surface area contributed by atoms with Gasteiger partial charge in [-0.15, -0.1) is 0 Å². The minimum atomic E-state index is -1.02. The largest absolute Gasteiger partial charge is 0.491 e. The minimum absolute atomic E-state index is 0.0130. The van der Waals surface area contributed by atoms with Crippen molar-refractivity contribution in [3.05, 3.63) is 55.2 Å². The lowest BCUT2D eigenvalue weighted by Gasteiger charge is -2.16. The Balaban J connectivity index is 1.80. The van der Waals surface area contributed by atoms with Crippen LogP contribution in [0, 0.1) is 10.1 Å². The van der Waals surface area contributed by atoms with Crippen LogP contribution in [-0.2, 0) is 13.6 Å². The molecule has 0 aliphatic carbocycles. The first kappa shape index (κ1) is 23.0. The average molecular weight is 446 g/mol. The summed E-state index contributed by atoms with van der Waals surface area (Å²) in [5, 5.41) is 24.5. The Morgan fingerprint density at radius 1 is 1.28 bits per heavy atom. The molecule has 0 spiro atoms. The number of H-pyrrole nitrogens is 1. The van der Waals surface area contributed by atoms with Crippen molar-refractivity contribution in [2.24, 2.45) is 7.05 Å². The van der Waals surface area contributed by atoms with Crippen molar-refractivity contribution in [2.45, 2.75) is 38.8 Å². The number of imidazole rings is 1. The highest BCUT2D eigenvalue weighted by Gasteiger charge is 2.20. The van der Waals surface area contributed by atoms with Gasteiger partial charge in [-0.1, -0.05) is 19.8 Å². The Bertz CT molecular complexity index is 1200. The summed E-state index contributed by atoms with van der Waals surface area (Å²) < 4.78 is 8.29. The molecule has 3 aromatic rings. The van der Waals surface area contributed by atoms with E-state index in [0.717, 1.165) is 19.3 Å². The summed E-state index contributed by atoms with van der Waals surface area (Å²) in [6.07, 6.45) is 1.96. The van der Waals surface area contributed by atoms with Gasteiger partial charge in [-0.05, 0) is 18.6 Å². The van der Waals surface area contributed by atoms with Crippen LogP contribution in [0.15, 0.2) is 33.9 Å². The number of nitro groups is 1. The summed E-state index contributed by atoms with van der Waals surface area (Å²) in [6, 6.07) is 5.50. The molecule has 12 heteroatoms. The number of nitrogens with one attached hydrogen (secondary N) is 2. The highest BCUT2D eigenvalue weighted by atomic mass is 16.6. The van der Waals surface area contributed by atoms with Crippen LogP contribution in [-0.4, -0.2) is 48.4 Å². The molecule has 0 unspecified atom stereocenters. The fourth-order valence-corrected chi connectivity index (χ4v) is 3.24. The zero-order valence-electron chi connectivity index (χ0n) is 17.9. The number of ether oxygens (including phenoxy) is 1. The number of hydrogen-bond donors (Lipinski definition) is 3. The van der Waals surface area contributed by atoms with Crippen molar-refractivity contribution in [1.82, 2.24) is 19.1 Å². The zero-order chi connectivity index (χ0) is 23.3. The maximum absolute atomic E-state index is 12.5. The second-order valence-electron chi connectivity index (χ2n) is 7.39. The lowest BCUT2D eigenvalue weighted by Crippen LogP contribution is -2.31. The predicted molar refractivity (Wildman–Crippen MR) is 118 cm³/mol. The number of aromatic nitrogens is 4. The lowest BCUT2D eigenvalue weighted by molar-refractivity contribution is -0.384. The molecule has 1 aromatic carbocycles. The van der Waals surface area contributed by atoms with Crippen LogP contribution in [0.4, 0.5) is 11.6 Å². The molecule has 3 rings (SSSR count). The van der Waals surface area contributed by atoms with Gasteiger partial charge in [0.05, 0.1) is 11.5 Å². The molecule has 32 heavy (non-hydrogen) atoms. The molecule has 0 saturated carbocycles. The van der Waals surface area contributed by atoms with Crippen molar-refractivity contribution in [1.29, 1.82) is 0 Å². The molecular formula is C20H26N6O6. The summed E-state index contributed by atoms with van der Waals surface area (Å²) >= 11 is 0. The predicted octanol–water partition coefficient (Wildman–Crippen LogP) is 1.37.